The standard InChI is InChI=1S/C14H21ClN2O2S/c1-14(19,9-17(2)3)8-16-13(18)11-7-10(20-4)5-6-12(11)15/h5-7,19H,8-9H2,1-4H3,(H,16,18). The summed E-state index contributed by atoms with van der Waals surface area (Å²) in [4.78, 5) is 15.0. The van der Waals surface area contributed by atoms with Gasteiger partial charge in [0.15, 0.2) is 0 Å². The van der Waals surface area contributed by atoms with Crippen LogP contribution in [0, 0.1) is 0 Å². The molecule has 4 nitrogen and oxygen atoms in total. The summed E-state index contributed by atoms with van der Waals surface area (Å²) in [6.45, 7) is 2.32. The Morgan fingerprint density at radius 2 is 2.15 bits per heavy atom. The third-order valence-corrected chi connectivity index (χ3v) is 3.76. The molecule has 0 aliphatic rings. The fourth-order valence-corrected chi connectivity index (χ4v) is 2.55. The summed E-state index contributed by atoms with van der Waals surface area (Å²) in [5.74, 6) is -0.273. The van der Waals surface area contributed by atoms with Crippen LogP contribution in [0.25, 0.3) is 0 Å². The Kier molecular flexibility index (Phi) is 6.33. The molecular formula is C14H21ClN2O2S. The molecule has 1 unspecified atom stereocenters. The van der Waals surface area contributed by atoms with E-state index in [1.165, 1.54) is 0 Å². The quantitative estimate of drug-likeness (QED) is 0.789. The van der Waals surface area contributed by atoms with Gasteiger partial charge in [-0.3, -0.25) is 4.79 Å². The Morgan fingerprint density at radius 1 is 1.50 bits per heavy atom. The molecule has 1 aromatic carbocycles. The van der Waals surface area contributed by atoms with Crippen molar-refractivity contribution in [2.45, 2.75) is 17.4 Å². The number of carbonyl (C=O) groups is 1. The van der Waals surface area contributed by atoms with E-state index in [0.29, 0.717) is 17.1 Å². The van der Waals surface area contributed by atoms with Gasteiger partial charge in [-0.15, -0.1) is 11.8 Å². The molecule has 0 saturated heterocycles. The van der Waals surface area contributed by atoms with Gasteiger partial charge < -0.3 is 15.3 Å². The SMILES string of the molecule is CSc1ccc(Cl)c(C(=O)NCC(C)(O)CN(C)C)c1. The number of nitrogens with zero attached hydrogens (tertiary/aromatic N) is 1. The Balaban J connectivity index is 2.72. The third kappa shape index (κ3) is 5.32. The maximum Gasteiger partial charge on any atom is 0.252 e. The molecule has 112 valence electrons. The lowest BCUT2D eigenvalue weighted by Gasteiger charge is -2.27. The number of rotatable bonds is 6. The number of benzene rings is 1. The molecule has 1 aromatic rings. The summed E-state index contributed by atoms with van der Waals surface area (Å²) >= 11 is 7.59. The molecule has 6 heteroatoms. The smallest absolute Gasteiger partial charge is 0.252 e. The van der Waals surface area contributed by atoms with Crippen molar-refractivity contribution < 1.29 is 9.90 Å². The van der Waals surface area contributed by atoms with Crippen LogP contribution in [0.2, 0.25) is 5.02 Å². The number of thioether (sulfide) groups is 1. The molecule has 0 aromatic heterocycles. The second-order valence-corrected chi connectivity index (χ2v) is 6.55. The lowest BCUT2D eigenvalue weighted by Crippen LogP contribution is -2.47. The summed E-state index contributed by atoms with van der Waals surface area (Å²) in [5, 5.41) is 13.3. The number of amides is 1. The molecule has 0 heterocycles. The first-order valence-electron chi connectivity index (χ1n) is 6.24. The van der Waals surface area contributed by atoms with Gasteiger partial charge in [0.2, 0.25) is 0 Å². The van der Waals surface area contributed by atoms with E-state index >= 15 is 0 Å². The van der Waals surface area contributed by atoms with Gasteiger partial charge >= 0.3 is 0 Å². The monoisotopic (exact) mass is 316 g/mol. The first-order chi connectivity index (χ1) is 9.25. The van der Waals surface area contributed by atoms with Crippen LogP contribution in [0.1, 0.15) is 17.3 Å². The molecule has 1 atom stereocenters. The highest BCUT2D eigenvalue weighted by Crippen LogP contribution is 2.23. The maximum absolute atomic E-state index is 12.1. The van der Waals surface area contributed by atoms with Gasteiger partial charge in [-0.05, 0) is 45.5 Å². The Morgan fingerprint density at radius 3 is 2.70 bits per heavy atom. The van der Waals surface area contributed by atoms with Crippen LogP contribution in [0.5, 0.6) is 0 Å². The van der Waals surface area contributed by atoms with Crippen molar-refractivity contribution in [3.8, 4) is 0 Å². The van der Waals surface area contributed by atoms with Crippen LogP contribution in [0.3, 0.4) is 0 Å². The first-order valence-corrected chi connectivity index (χ1v) is 7.84. The lowest BCUT2D eigenvalue weighted by atomic mass is 10.1. The number of carbonyl (C=O) groups excluding carboxylic acids is 1. The van der Waals surface area contributed by atoms with Crippen molar-refractivity contribution in [1.29, 1.82) is 0 Å². The Labute approximate surface area is 129 Å². The molecular weight excluding hydrogens is 296 g/mol. The molecule has 0 aliphatic carbocycles. The van der Waals surface area contributed by atoms with Crippen molar-refractivity contribution in [2.24, 2.45) is 0 Å². The van der Waals surface area contributed by atoms with Crippen LogP contribution < -0.4 is 5.32 Å². The molecule has 20 heavy (non-hydrogen) atoms. The molecule has 0 aliphatic heterocycles. The number of hydrogen-bond acceptors (Lipinski definition) is 4. The minimum atomic E-state index is -0.983. The highest BCUT2D eigenvalue weighted by Gasteiger charge is 2.23. The number of halogens is 1. The lowest BCUT2D eigenvalue weighted by molar-refractivity contribution is 0.0326. The van der Waals surface area contributed by atoms with Crippen LogP contribution in [-0.4, -0.2) is 55.0 Å². The average Bonchev–Trinajstić information content (AvgIpc) is 2.35. The predicted octanol–water partition coefficient (Wildman–Crippen LogP) is 2.10. The number of aliphatic hydroxyl groups is 1. The van der Waals surface area contributed by atoms with Crippen LogP contribution in [0.4, 0.5) is 0 Å². The predicted molar refractivity (Wildman–Crippen MR) is 84.7 cm³/mol. The van der Waals surface area contributed by atoms with E-state index in [1.54, 1.807) is 30.8 Å². The molecule has 2 N–H and O–H groups in total. The van der Waals surface area contributed by atoms with E-state index < -0.39 is 5.60 Å². The average molecular weight is 317 g/mol. The molecule has 0 fully saturated rings. The van der Waals surface area contributed by atoms with Crippen molar-refractivity contribution in [3.63, 3.8) is 0 Å². The molecule has 1 rings (SSSR count). The summed E-state index contributed by atoms with van der Waals surface area (Å²) in [6.07, 6.45) is 1.94. The third-order valence-electron chi connectivity index (χ3n) is 2.70. The van der Waals surface area contributed by atoms with E-state index in [-0.39, 0.29) is 12.5 Å². The van der Waals surface area contributed by atoms with E-state index in [9.17, 15) is 9.90 Å². The first kappa shape index (κ1) is 17.3. The zero-order valence-electron chi connectivity index (χ0n) is 12.2. The molecule has 0 radical (unpaired) electrons. The van der Waals surface area contributed by atoms with Gasteiger partial charge in [0.1, 0.15) is 0 Å². The molecule has 0 spiro atoms. The van der Waals surface area contributed by atoms with E-state index in [2.05, 4.69) is 5.32 Å². The summed E-state index contributed by atoms with van der Waals surface area (Å²) in [5.41, 5.74) is -0.554. The van der Waals surface area contributed by atoms with Gasteiger partial charge in [0.05, 0.1) is 16.2 Å². The second-order valence-electron chi connectivity index (χ2n) is 5.26. The minimum Gasteiger partial charge on any atom is -0.387 e. The normalized spacial score (nSPS) is 14.2. The van der Waals surface area contributed by atoms with Crippen LogP contribution in [-0.2, 0) is 0 Å². The van der Waals surface area contributed by atoms with Gasteiger partial charge in [-0.2, -0.15) is 0 Å². The minimum absolute atomic E-state index is 0.170. The summed E-state index contributed by atoms with van der Waals surface area (Å²) in [7, 11) is 3.74. The van der Waals surface area contributed by atoms with Crippen LogP contribution in [0.15, 0.2) is 23.1 Å². The number of hydrogen-bond donors (Lipinski definition) is 2. The Hall–Kier alpha value is -0.750. The van der Waals surface area contributed by atoms with Gasteiger partial charge in [-0.25, -0.2) is 0 Å². The fraction of sp³-hybridized carbons (Fsp3) is 0.500. The van der Waals surface area contributed by atoms with E-state index in [0.717, 1.165) is 4.90 Å². The number of nitrogens with one attached hydrogen (secondary N) is 1. The molecule has 1 amide bonds. The Bertz CT molecular complexity index is 478. The van der Waals surface area contributed by atoms with Gasteiger partial charge in [0, 0.05) is 18.0 Å². The summed E-state index contributed by atoms with van der Waals surface area (Å²) < 4.78 is 0. The fourth-order valence-electron chi connectivity index (χ4n) is 1.91. The highest BCUT2D eigenvalue weighted by atomic mass is 35.5. The van der Waals surface area contributed by atoms with Crippen molar-refractivity contribution in [1.82, 2.24) is 10.2 Å². The summed E-state index contributed by atoms with van der Waals surface area (Å²) in [6, 6.07) is 5.33. The van der Waals surface area contributed by atoms with E-state index in [4.69, 9.17) is 11.6 Å². The zero-order chi connectivity index (χ0) is 15.3. The van der Waals surface area contributed by atoms with Crippen molar-refractivity contribution in [2.75, 3.05) is 33.4 Å². The highest BCUT2D eigenvalue weighted by molar-refractivity contribution is 7.98. The maximum atomic E-state index is 12.1. The molecule has 0 bridgehead atoms. The van der Waals surface area contributed by atoms with E-state index in [1.807, 2.05) is 31.3 Å². The largest absolute Gasteiger partial charge is 0.387 e. The van der Waals surface area contributed by atoms with Crippen molar-refractivity contribution in [3.05, 3.63) is 28.8 Å². The van der Waals surface area contributed by atoms with Crippen LogP contribution >= 0.6 is 23.4 Å². The second kappa shape index (κ2) is 7.31. The topological polar surface area (TPSA) is 52.6 Å². The number of likely N-dealkylation sites (N-methyl/N-ethyl adjacent to an activating group) is 1. The van der Waals surface area contributed by atoms with Gasteiger partial charge in [-0.1, -0.05) is 11.6 Å². The zero-order valence-corrected chi connectivity index (χ0v) is 13.8. The van der Waals surface area contributed by atoms with Gasteiger partial charge in [0.25, 0.3) is 5.91 Å². The molecule has 0 saturated carbocycles. The van der Waals surface area contributed by atoms with Crippen molar-refractivity contribution >= 4 is 29.3 Å².